The molecule has 1 heterocycles. The van der Waals surface area contributed by atoms with Crippen molar-refractivity contribution < 1.29 is 19.5 Å². The van der Waals surface area contributed by atoms with Gasteiger partial charge in [-0.25, -0.2) is 4.39 Å². The second-order valence-electron chi connectivity index (χ2n) is 4.04. The monoisotopic (exact) mass is 265 g/mol. The van der Waals surface area contributed by atoms with Crippen LogP contribution in [-0.2, 0) is 11.2 Å². The molecule has 1 aromatic heterocycles. The Morgan fingerprint density at radius 2 is 2.21 bits per heavy atom. The Labute approximate surface area is 107 Å². The van der Waals surface area contributed by atoms with Gasteiger partial charge >= 0.3 is 5.97 Å². The number of aromatic amines is 1. The topological polar surface area (TPSA) is 112 Å². The van der Waals surface area contributed by atoms with Crippen molar-refractivity contribution in [3.05, 3.63) is 35.3 Å². The van der Waals surface area contributed by atoms with E-state index in [1.807, 2.05) is 0 Å². The fourth-order valence-corrected chi connectivity index (χ4v) is 1.98. The van der Waals surface area contributed by atoms with Gasteiger partial charge in [-0.3, -0.25) is 4.79 Å². The average molecular weight is 265 g/mol. The van der Waals surface area contributed by atoms with Crippen molar-refractivity contribution in [3.8, 4) is 0 Å². The molecule has 0 saturated heterocycles. The first-order valence-corrected chi connectivity index (χ1v) is 5.52. The molecule has 0 fully saturated rings. The van der Waals surface area contributed by atoms with Gasteiger partial charge in [-0.05, 0) is 24.1 Å². The van der Waals surface area contributed by atoms with Crippen LogP contribution in [0, 0.1) is 5.82 Å². The van der Waals surface area contributed by atoms with E-state index >= 15 is 0 Å². The van der Waals surface area contributed by atoms with Crippen LogP contribution in [0.25, 0.3) is 10.9 Å². The molecule has 2 rings (SSSR count). The minimum Gasteiger partial charge on any atom is -0.481 e. The quantitative estimate of drug-likeness (QED) is 0.290. The molecule has 0 unspecified atom stereocenters. The number of aliphatic carboxylic acids is 1. The number of fused-ring (bicyclic) bond motifs is 1. The van der Waals surface area contributed by atoms with Gasteiger partial charge in [0.15, 0.2) is 5.84 Å². The molecule has 0 bridgehead atoms. The maximum atomic E-state index is 13.8. The summed E-state index contributed by atoms with van der Waals surface area (Å²) in [4.78, 5) is 13.4. The van der Waals surface area contributed by atoms with Gasteiger partial charge < -0.3 is 21.0 Å². The molecule has 0 spiro atoms. The number of hydrogen-bond acceptors (Lipinski definition) is 3. The predicted octanol–water partition coefficient (Wildman–Crippen LogP) is 1.42. The maximum Gasteiger partial charge on any atom is 0.303 e. The molecular weight excluding hydrogens is 253 g/mol. The number of benzene rings is 1. The maximum absolute atomic E-state index is 13.8. The van der Waals surface area contributed by atoms with Crippen molar-refractivity contribution in [2.45, 2.75) is 12.8 Å². The third kappa shape index (κ3) is 2.35. The molecule has 0 atom stereocenters. The van der Waals surface area contributed by atoms with Crippen LogP contribution in [0.15, 0.2) is 23.5 Å². The number of oxime groups is 1. The number of hydrogen-bond donors (Lipinski definition) is 4. The van der Waals surface area contributed by atoms with E-state index in [0.717, 1.165) is 0 Å². The first-order valence-electron chi connectivity index (χ1n) is 5.52. The van der Waals surface area contributed by atoms with Crippen LogP contribution in [0.3, 0.4) is 0 Å². The number of carbonyl (C=O) groups is 1. The van der Waals surface area contributed by atoms with E-state index in [0.29, 0.717) is 16.6 Å². The van der Waals surface area contributed by atoms with Crippen molar-refractivity contribution in [2.75, 3.05) is 0 Å². The Bertz CT molecular complexity index is 664. The molecule has 5 N–H and O–H groups in total. The van der Waals surface area contributed by atoms with Crippen molar-refractivity contribution in [2.24, 2.45) is 10.9 Å². The van der Waals surface area contributed by atoms with Crippen molar-refractivity contribution in [3.63, 3.8) is 0 Å². The molecule has 100 valence electrons. The largest absolute Gasteiger partial charge is 0.481 e. The summed E-state index contributed by atoms with van der Waals surface area (Å²) in [6, 6.07) is 2.60. The Morgan fingerprint density at radius 1 is 1.47 bits per heavy atom. The van der Waals surface area contributed by atoms with E-state index in [9.17, 15) is 9.18 Å². The molecular formula is C12H12FN3O3. The van der Waals surface area contributed by atoms with Gasteiger partial charge in [-0.15, -0.1) is 0 Å². The van der Waals surface area contributed by atoms with Gasteiger partial charge in [0, 0.05) is 23.6 Å². The van der Waals surface area contributed by atoms with Crippen LogP contribution in [0.1, 0.15) is 17.5 Å². The highest BCUT2D eigenvalue weighted by Crippen LogP contribution is 2.25. The first-order chi connectivity index (χ1) is 9.04. The summed E-state index contributed by atoms with van der Waals surface area (Å²) in [6.45, 7) is 0. The third-order valence-corrected chi connectivity index (χ3v) is 2.86. The Kier molecular flexibility index (Phi) is 3.37. The molecule has 0 amide bonds. The number of rotatable bonds is 4. The fraction of sp³-hybridized carbons (Fsp3) is 0.167. The zero-order valence-corrected chi connectivity index (χ0v) is 9.85. The highest BCUT2D eigenvalue weighted by Gasteiger charge is 2.15. The van der Waals surface area contributed by atoms with Crippen LogP contribution in [-0.4, -0.2) is 27.1 Å². The zero-order chi connectivity index (χ0) is 14.0. The molecule has 2 aromatic rings. The summed E-state index contributed by atoms with van der Waals surface area (Å²) in [7, 11) is 0. The summed E-state index contributed by atoms with van der Waals surface area (Å²) in [6.07, 6.45) is 1.64. The van der Waals surface area contributed by atoms with Gasteiger partial charge in [-0.2, -0.15) is 0 Å². The number of carboxylic acids is 1. The van der Waals surface area contributed by atoms with Gasteiger partial charge in [0.05, 0.1) is 5.52 Å². The van der Waals surface area contributed by atoms with Crippen molar-refractivity contribution in [1.29, 1.82) is 0 Å². The highest BCUT2D eigenvalue weighted by molar-refractivity contribution is 6.08. The average Bonchev–Trinajstić information content (AvgIpc) is 2.81. The Balaban J connectivity index is 2.55. The lowest BCUT2D eigenvalue weighted by atomic mass is 10.0. The summed E-state index contributed by atoms with van der Waals surface area (Å²) in [5.41, 5.74) is 6.80. The Morgan fingerprint density at radius 3 is 2.84 bits per heavy atom. The lowest BCUT2D eigenvalue weighted by Crippen LogP contribution is -2.13. The lowest BCUT2D eigenvalue weighted by molar-refractivity contribution is -0.136. The number of halogens is 1. The molecule has 7 heteroatoms. The summed E-state index contributed by atoms with van der Waals surface area (Å²) in [5.74, 6) is -1.58. The second kappa shape index (κ2) is 4.97. The standard InChI is InChI=1S/C12H12FN3O3/c13-8-3-2-7(12(14)16-19)11-10(8)6(5-15-11)1-4-9(17)18/h2-3,5,15,19H,1,4H2,(H2,14,16)(H,17,18). The smallest absolute Gasteiger partial charge is 0.303 e. The van der Waals surface area contributed by atoms with Crippen LogP contribution < -0.4 is 5.73 Å². The van der Waals surface area contributed by atoms with E-state index < -0.39 is 11.8 Å². The Hall–Kier alpha value is -2.57. The lowest BCUT2D eigenvalue weighted by Gasteiger charge is -2.03. The number of H-pyrrole nitrogens is 1. The molecule has 0 aliphatic rings. The van der Waals surface area contributed by atoms with Crippen LogP contribution in [0.4, 0.5) is 4.39 Å². The van der Waals surface area contributed by atoms with Crippen LogP contribution >= 0.6 is 0 Å². The van der Waals surface area contributed by atoms with Crippen molar-refractivity contribution in [1.82, 2.24) is 4.98 Å². The van der Waals surface area contributed by atoms with Gasteiger partial charge in [0.25, 0.3) is 0 Å². The van der Waals surface area contributed by atoms with Gasteiger partial charge in [0.2, 0.25) is 0 Å². The minimum absolute atomic E-state index is 0.0970. The molecule has 6 nitrogen and oxygen atoms in total. The number of nitrogens with zero attached hydrogens (tertiary/aromatic N) is 1. The normalized spacial score (nSPS) is 11.9. The first kappa shape index (κ1) is 12.9. The number of nitrogens with one attached hydrogen (secondary N) is 1. The summed E-state index contributed by atoms with van der Waals surface area (Å²) >= 11 is 0. The van der Waals surface area contributed by atoms with Gasteiger partial charge in [-0.1, -0.05) is 5.16 Å². The fourth-order valence-electron chi connectivity index (χ4n) is 1.98. The molecule has 0 radical (unpaired) electrons. The predicted molar refractivity (Wildman–Crippen MR) is 66.7 cm³/mol. The summed E-state index contributed by atoms with van der Waals surface area (Å²) in [5, 5.41) is 20.5. The summed E-state index contributed by atoms with van der Waals surface area (Å²) < 4.78 is 13.8. The second-order valence-corrected chi connectivity index (χ2v) is 4.04. The number of carboxylic acid groups (broad SMARTS) is 1. The zero-order valence-electron chi connectivity index (χ0n) is 9.85. The SMILES string of the molecule is NC(=NO)c1ccc(F)c2c(CCC(=O)O)c[nH]c12. The van der Waals surface area contributed by atoms with Crippen LogP contribution in [0.2, 0.25) is 0 Å². The molecule has 19 heavy (non-hydrogen) atoms. The number of amidine groups is 1. The van der Waals surface area contributed by atoms with E-state index in [2.05, 4.69) is 10.1 Å². The van der Waals surface area contributed by atoms with Crippen molar-refractivity contribution >= 4 is 22.7 Å². The van der Waals surface area contributed by atoms with E-state index in [-0.39, 0.29) is 24.1 Å². The van der Waals surface area contributed by atoms with Gasteiger partial charge in [0.1, 0.15) is 5.82 Å². The molecule has 1 aromatic carbocycles. The van der Waals surface area contributed by atoms with E-state index in [1.54, 1.807) is 0 Å². The number of aromatic nitrogens is 1. The van der Waals surface area contributed by atoms with Crippen LogP contribution in [0.5, 0.6) is 0 Å². The minimum atomic E-state index is -0.956. The molecule has 0 saturated carbocycles. The third-order valence-electron chi connectivity index (χ3n) is 2.86. The highest BCUT2D eigenvalue weighted by atomic mass is 19.1. The molecule has 0 aliphatic carbocycles. The van der Waals surface area contributed by atoms with E-state index in [4.69, 9.17) is 16.0 Å². The molecule has 0 aliphatic heterocycles. The van der Waals surface area contributed by atoms with E-state index in [1.165, 1.54) is 18.3 Å². The number of nitrogens with two attached hydrogens (primary N) is 1. The number of aryl methyl sites for hydroxylation is 1.